The molecule has 4 atom stereocenters. The first-order chi connectivity index (χ1) is 12.7. The lowest BCUT2D eigenvalue weighted by atomic mass is 10.1. The summed E-state index contributed by atoms with van der Waals surface area (Å²) in [4.78, 5) is 13.3. The number of aliphatic hydroxyl groups excluding tert-OH is 2. The van der Waals surface area contributed by atoms with E-state index in [0.29, 0.717) is 11.2 Å². The van der Waals surface area contributed by atoms with Gasteiger partial charge in [-0.3, -0.25) is 9.47 Å². The van der Waals surface area contributed by atoms with Crippen molar-refractivity contribution in [3.05, 3.63) is 12.7 Å². The molecule has 0 bridgehead atoms. The predicted octanol–water partition coefficient (Wildman–Crippen LogP) is -1.06. The fraction of sp³-hybridized carbons (Fsp3) is 0.667. The summed E-state index contributed by atoms with van der Waals surface area (Å²) in [6.07, 6.45) is -2.23. The minimum atomic E-state index is -2.94. The van der Waals surface area contributed by atoms with Crippen molar-refractivity contribution >= 4 is 17.0 Å². The molecular weight excluding hydrogens is 364 g/mol. The Morgan fingerprint density at radius 1 is 1.30 bits per heavy atom. The summed E-state index contributed by atoms with van der Waals surface area (Å²) in [7, 11) is 1.49. The first-order valence-corrected chi connectivity index (χ1v) is 8.44. The van der Waals surface area contributed by atoms with Gasteiger partial charge in [0, 0.05) is 13.0 Å². The van der Waals surface area contributed by atoms with Crippen LogP contribution >= 0.6 is 0 Å². The highest BCUT2D eigenvalue weighted by Crippen LogP contribution is 2.32. The van der Waals surface area contributed by atoms with Crippen molar-refractivity contribution in [2.24, 2.45) is 5.73 Å². The zero-order valence-electron chi connectivity index (χ0n) is 14.7. The Bertz CT molecular complexity index is 790. The number of nitrogen functional groups attached to an aromatic ring is 1. The van der Waals surface area contributed by atoms with Crippen molar-refractivity contribution in [3.63, 3.8) is 0 Å². The largest absolute Gasteiger partial charge is 0.387 e. The number of fused-ring (bicyclic) bond motifs is 1. The molecule has 2 aromatic heterocycles. The fourth-order valence-corrected chi connectivity index (χ4v) is 3.22. The molecule has 150 valence electrons. The number of halogens is 2. The fourth-order valence-electron chi connectivity index (χ4n) is 3.22. The highest BCUT2D eigenvalue weighted by molar-refractivity contribution is 5.81. The predicted molar refractivity (Wildman–Crippen MR) is 91.8 cm³/mol. The van der Waals surface area contributed by atoms with E-state index in [1.807, 2.05) is 0 Å². The van der Waals surface area contributed by atoms with E-state index in [2.05, 4.69) is 15.0 Å². The number of hydrogen-bond acceptors (Lipinski definition) is 9. The molecule has 0 aromatic carbocycles. The van der Waals surface area contributed by atoms with Crippen LogP contribution in [0.4, 0.5) is 14.6 Å². The highest BCUT2D eigenvalue weighted by Gasteiger charge is 2.45. The maximum Gasteiger partial charge on any atom is 0.261 e. The molecule has 1 aliphatic heterocycles. The van der Waals surface area contributed by atoms with Crippen molar-refractivity contribution < 1.29 is 23.7 Å². The Hall–Kier alpha value is -1.99. The lowest BCUT2D eigenvalue weighted by Gasteiger charge is -2.26. The second kappa shape index (κ2) is 7.56. The van der Waals surface area contributed by atoms with E-state index in [1.165, 1.54) is 29.2 Å². The van der Waals surface area contributed by atoms with E-state index in [1.54, 1.807) is 0 Å². The minimum Gasteiger partial charge on any atom is -0.387 e. The third-order valence-corrected chi connectivity index (χ3v) is 4.50. The minimum absolute atomic E-state index is 0.00135. The lowest BCUT2D eigenvalue weighted by molar-refractivity contribution is -0.0641. The number of hydrogen-bond donors (Lipinski definition) is 4. The van der Waals surface area contributed by atoms with Crippen LogP contribution in [0.2, 0.25) is 0 Å². The van der Waals surface area contributed by atoms with E-state index >= 15 is 0 Å². The van der Waals surface area contributed by atoms with Gasteiger partial charge in [0.05, 0.1) is 12.9 Å². The molecule has 10 nitrogen and oxygen atoms in total. The maximum absolute atomic E-state index is 13.7. The van der Waals surface area contributed by atoms with Gasteiger partial charge in [-0.1, -0.05) is 0 Å². The van der Waals surface area contributed by atoms with Crippen LogP contribution in [0.25, 0.3) is 11.2 Å². The molecule has 1 saturated heterocycles. The summed E-state index contributed by atoms with van der Waals surface area (Å²) in [5.41, 5.74) is 11.6. The van der Waals surface area contributed by atoms with Gasteiger partial charge in [0.15, 0.2) is 17.7 Å². The monoisotopic (exact) mass is 387 g/mol. The molecule has 1 fully saturated rings. The van der Waals surface area contributed by atoms with Crippen LogP contribution in [0.1, 0.15) is 12.6 Å². The molecule has 1 aliphatic rings. The summed E-state index contributed by atoms with van der Waals surface area (Å²) in [6, 6.07) is 0. The number of aromatic nitrogens is 4. The van der Waals surface area contributed by atoms with Crippen LogP contribution in [0.15, 0.2) is 12.7 Å². The first kappa shape index (κ1) is 19.8. The molecule has 2 aromatic rings. The number of ether oxygens (including phenoxy) is 1. The Labute approximate surface area is 153 Å². The molecule has 0 saturated carbocycles. The van der Waals surface area contributed by atoms with Crippen LogP contribution in [-0.2, 0) is 4.74 Å². The number of rotatable bonds is 7. The number of likely N-dealkylation sites (N-methyl/N-ethyl adjacent to an activating group) is 1. The third kappa shape index (κ3) is 3.99. The molecule has 6 N–H and O–H groups in total. The van der Waals surface area contributed by atoms with Crippen molar-refractivity contribution in [3.8, 4) is 0 Å². The average molecular weight is 387 g/mol. The first-order valence-electron chi connectivity index (χ1n) is 8.44. The normalized spacial score (nSPS) is 26.3. The lowest BCUT2D eigenvalue weighted by Crippen LogP contribution is -2.43. The molecule has 3 heterocycles. The van der Waals surface area contributed by atoms with Crippen LogP contribution in [0.3, 0.4) is 0 Å². The zero-order chi connectivity index (χ0) is 19.8. The van der Waals surface area contributed by atoms with E-state index in [0.717, 1.165) is 0 Å². The molecule has 2 unspecified atom stereocenters. The number of alkyl halides is 2. The summed E-state index contributed by atoms with van der Waals surface area (Å²) >= 11 is 0. The Morgan fingerprint density at radius 3 is 2.74 bits per heavy atom. The van der Waals surface area contributed by atoms with Crippen LogP contribution in [-0.4, -0.2) is 85.5 Å². The second-order valence-electron chi connectivity index (χ2n) is 6.72. The maximum atomic E-state index is 13.7. The van der Waals surface area contributed by atoms with Crippen molar-refractivity contribution in [1.82, 2.24) is 24.4 Å². The molecule has 0 amide bonds. The van der Waals surface area contributed by atoms with E-state index < -0.39 is 43.4 Å². The molecule has 0 spiro atoms. The summed E-state index contributed by atoms with van der Waals surface area (Å²) in [6.45, 7) is -0.656. The second-order valence-corrected chi connectivity index (χ2v) is 6.72. The number of nitrogens with two attached hydrogens (primary N) is 2. The van der Waals surface area contributed by atoms with Gasteiger partial charge >= 0.3 is 0 Å². The Morgan fingerprint density at radius 2 is 2.04 bits per heavy atom. The summed E-state index contributed by atoms with van der Waals surface area (Å²) < 4.78 is 34.6. The van der Waals surface area contributed by atoms with Gasteiger partial charge < -0.3 is 26.4 Å². The standard InChI is InChI=1S/C15H23F2N7O3/c1-23(5-15(16,17)2-3-18)4-8-10(25)11(26)14(27-8)24-7-22-9-12(19)20-6-21-13(9)24/h6-8,10-11,14,25-26H,2-5,18H2,1H3,(H2,19,20,21)/t8-,10?,11?,14-/m1/s1. The van der Waals surface area contributed by atoms with Crippen LogP contribution in [0.5, 0.6) is 0 Å². The van der Waals surface area contributed by atoms with Gasteiger partial charge in [-0.15, -0.1) is 0 Å². The molecule has 0 aliphatic carbocycles. The molecule has 27 heavy (non-hydrogen) atoms. The van der Waals surface area contributed by atoms with Gasteiger partial charge in [0.2, 0.25) is 0 Å². The van der Waals surface area contributed by atoms with Gasteiger partial charge in [-0.25, -0.2) is 23.7 Å². The highest BCUT2D eigenvalue weighted by atomic mass is 19.3. The Balaban J connectivity index is 1.73. The third-order valence-electron chi connectivity index (χ3n) is 4.50. The average Bonchev–Trinajstić information content (AvgIpc) is 3.12. The van der Waals surface area contributed by atoms with E-state index in [4.69, 9.17) is 16.2 Å². The number of anilines is 1. The molecule has 3 rings (SSSR count). The molecule has 12 heteroatoms. The number of nitrogens with zero attached hydrogens (tertiary/aromatic N) is 5. The van der Waals surface area contributed by atoms with Crippen LogP contribution in [0, 0.1) is 0 Å². The summed E-state index contributed by atoms with van der Waals surface area (Å²) in [5.74, 6) is -2.77. The van der Waals surface area contributed by atoms with Gasteiger partial charge in [0.1, 0.15) is 30.2 Å². The SMILES string of the molecule is CN(C[C@H]1O[C@@H](n2cnc3c(N)ncnc32)C(O)C1O)CC(F)(F)CCN. The van der Waals surface area contributed by atoms with Crippen LogP contribution < -0.4 is 11.5 Å². The number of aliphatic hydroxyl groups is 2. The smallest absolute Gasteiger partial charge is 0.261 e. The Kier molecular flexibility index (Phi) is 5.53. The summed E-state index contributed by atoms with van der Waals surface area (Å²) in [5, 5.41) is 20.7. The van der Waals surface area contributed by atoms with Gasteiger partial charge in [-0.05, 0) is 13.6 Å². The number of imidazole rings is 1. The van der Waals surface area contributed by atoms with Crippen molar-refractivity contribution in [2.45, 2.75) is 36.9 Å². The quantitative estimate of drug-likeness (QED) is 0.466. The molecular formula is C15H23F2N7O3. The molecule has 0 radical (unpaired) electrons. The topological polar surface area (TPSA) is 149 Å². The van der Waals surface area contributed by atoms with Gasteiger partial charge in [-0.2, -0.15) is 0 Å². The van der Waals surface area contributed by atoms with Crippen molar-refractivity contribution in [1.29, 1.82) is 0 Å². The van der Waals surface area contributed by atoms with Crippen molar-refractivity contribution in [2.75, 3.05) is 32.4 Å². The van der Waals surface area contributed by atoms with E-state index in [-0.39, 0.29) is 18.9 Å². The zero-order valence-corrected chi connectivity index (χ0v) is 14.7. The van der Waals surface area contributed by atoms with E-state index in [9.17, 15) is 19.0 Å². The van der Waals surface area contributed by atoms with Gasteiger partial charge in [0.25, 0.3) is 5.92 Å².